The van der Waals surface area contributed by atoms with Gasteiger partial charge in [-0.3, -0.25) is 13.9 Å². The summed E-state index contributed by atoms with van der Waals surface area (Å²) in [6.07, 6.45) is 5.61. The van der Waals surface area contributed by atoms with Gasteiger partial charge in [0.25, 0.3) is 10.0 Å². The first-order valence-corrected chi connectivity index (χ1v) is 16.5. The van der Waals surface area contributed by atoms with Crippen LogP contribution < -0.4 is 14.4 Å². The van der Waals surface area contributed by atoms with E-state index >= 15 is 0 Å². The van der Waals surface area contributed by atoms with Crippen LogP contribution in [0, 0.1) is 6.92 Å². The second-order valence-electron chi connectivity index (χ2n) is 11.0. The minimum Gasteiger partial charge on any atom is -0.495 e. The number of methoxy groups -OCH3 is 1. The summed E-state index contributed by atoms with van der Waals surface area (Å²) in [6, 6.07) is 20.0. The van der Waals surface area contributed by atoms with E-state index in [0.717, 1.165) is 47.5 Å². The number of hydrogen-bond acceptors (Lipinski definition) is 5. The maximum Gasteiger partial charge on any atom is 0.264 e. The highest BCUT2D eigenvalue weighted by Crippen LogP contribution is 2.32. The number of sulfonamides is 1. The molecule has 0 heterocycles. The van der Waals surface area contributed by atoms with Crippen molar-refractivity contribution in [3.05, 3.63) is 88.9 Å². The third-order valence-corrected chi connectivity index (χ3v) is 10.00. The van der Waals surface area contributed by atoms with Gasteiger partial charge in [0.15, 0.2) is 0 Å². The number of ether oxygens (including phenoxy) is 1. The average Bonchev–Trinajstić information content (AvgIpc) is 3.01. The average molecular weight is 626 g/mol. The number of halogens is 1. The van der Waals surface area contributed by atoms with Gasteiger partial charge in [-0.15, -0.1) is 0 Å². The Balaban J connectivity index is 1.66. The molecule has 3 aromatic carbocycles. The Labute approximate surface area is 260 Å². The topological polar surface area (TPSA) is 96.0 Å². The zero-order chi connectivity index (χ0) is 31.0. The minimum atomic E-state index is -4.19. The summed E-state index contributed by atoms with van der Waals surface area (Å²) in [5.74, 6) is -0.361. The van der Waals surface area contributed by atoms with Crippen LogP contribution in [-0.4, -0.2) is 57.4 Å². The summed E-state index contributed by atoms with van der Waals surface area (Å²) in [6.45, 7) is 3.29. The molecule has 10 heteroatoms. The number of anilines is 1. The van der Waals surface area contributed by atoms with Crippen LogP contribution in [0.3, 0.4) is 0 Å². The second kappa shape index (κ2) is 14.8. The molecule has 43 heavy (non-hydrogen) atoms. The number of hydrogen-bond donors (Lipinski definition) is 1. The van der Waals surface area contributed by atoms with Gasteiger partial charge >= 0.3 is 0 Å². The molecule has 3 aromatic rings. The number of aryl methyl sites for hydroxylation is 1. The molecule has 8 nitrogen and oxygen atoms in total. The molecule has 0 aliphatic heterocycles. The predicted molar refractivity (Wildman–Crippen MR) is 170 cm³/mol. The van der Waals surface area contributed by atoms with Crippen molar-refractivity contribution >= 4 is 39.1 Å². The third kappa shape index (κ3) is 8.30. The molecule has 0 unspecified atom stereocenters. The summed E-state index contributed by atoms with van der Waals surface area (Å²) in [5.41, 5.74) is 2.12. The van der Waals surface area contributed by atoms with Crippen LogP contribution in [0.25, 0.3) is 0 Å². The van der Waals surface area contributed by atoms with E-state index in [-0.39, 0.29) is 34.1 Å². The van der Waals surface area contributed by atoms with Crippen molar-refractivity contribution in [2.24, 2.45) is 0 Å². The van der Waals surface area contributed by atoms with E-state index in [4.69, 9.17) is 16.3 Å². The Bertz CT molecular complexity index is 1490. The molecule has 0 saturated heterocycles. The van der Waals surface area contributed by atoms with Crippen LogP contribution in [-0.2, 0) is 26.0 Å². The Hall–Kier alpha value is -3.56. The maximum absolute atomic E-state index is 14.1. The van der Waals surface area contributed by atoms with Crippen molar-refractivity contribution in [3.63, 3.8) is 0 Å². The Morgan fingerprint density at radius 3 is 2.30 bits per heavy atom. The number of carbonyl (C=O) groups is 2. The second-order valence-corrected chi connectivity index (χ2v) is 13.3. The Morgan fingerprint density at radius 1 is 1.00 bits per heavy atom. The lowest BCUT2D eigenvalue weighted by Crippen LogP contribution is -2.53. The summed E-state index contributed by atoms with van der Waals surface area (Å²) in [5, 5.41) is 3.33. The lowest BCUT2D eigenvalue weighted by molar-refractivity contribution is -0.139. The molecule has 1 fully saturated rings. The summed E-state index contributed by atoms with van der Waals surface area (Å²) in [4.78, 5) is 29.0. The van der Waals surface area contributed by atoms with Gasteiger partial charge < -0.3 is 15.0 Å². The van der Waals surface area contributed by atoms with Gasteiger partial charge in [-0.1, -0.05) is 78.9 Å². The van der Waals surface area contributed by atoms with Crippen LogP contribution in [0.1, 0.15) is 50.2 Å². The lowest BCUT2D eigenvalue weighted by Gasteiger charge is -2.33. The molecule has 1 N–H and O–H groups in total. The highest BCUT2D eigenvalue weighted by Gasteiger charge is 2.33. The fourth-order valence-electron chi connectivity index (χ4n) is 5.32. The summed E-state index contributed by atoms with van der Waals surface area (Å²) < 4.78 is 34.3. The first kappa shape index (κ1) is 32.4. The van der Waals surface area contributed by atoms with E-state index < -0.39 is 28.5 Å². The first-order valence-electron chi connectivity index (χ1n) is 14.7. The van der Waals surface area contributed by atoms with E-state index in [0.29, 0.717) is 12.2 Å². The van der Waals surface area contributed by atoms with E-state index in [1.807, 2.05) is 37.3 Å². The number of nitrogens with one attached hydrogen (secondary N) is 1. The van der Waals surface area contributed by atoms with Gasteiger partial charge in [0.2, 0.25) is 11.8 Å². The molecule has 1 aliphatic carbocycles. The molecular weight excluding hydrogens is 586 g/mol. The lowest BCUT2D eigenvalue weighted by atomic mass is 9.95. The molecule has 0 radical (unpaired) electrons. The summed E-state index contributed by atoms with van der Waals surface area (Å²) >= 11 is 6.40. The molecule has 0 bridgehead atoms. The standard InChI is InChI=1S/C33H40ClN3O5S/c1-24-14-17-29(18-15-24)43(40,41)37(28-16-19-31(42-3)30(34)22-28)23-32(38)36(21-20-26-10-6-4-7-11-26)25(2)33(39)35-27-12-8-5-9-13-27/h4,6-7,10-11,14-19,22,25,27H,5,8-9,12-13,20-21,23H2,1-3H3,(H,35,39)/t25-/m0/s1. The molecular formula is C33H40ClN3O5S. The Morgan fingerprint density at radius 2 is 1.67 bits per heavy atom. The SMILES string of the molecule is COc1ccc(N(CC(=O)N(CCc2ccccc2)[C@@H](C)C(=O)NC2CCCCC2)S(=O)(=O)c2ccc(C)cc2)cc1Cl. The van der Waals surface area contributed by atoms with Gasteiger partial charge in [-0.2, -0.15) is 0 Å². The van der Waals surface area contributed by atoms with Gasteiger partial charge in [-0.25, -0.2) is 8.42 Å². The van der Waals surface area contributed by atoms with E-state index in [9.17, 15) is 18.0 Å². The monoisotopic (exact) mass is 625 g/mol. The molecule has 2 amide bonds. The molecule has 1 atom stereocenters. The van der Waals surface area contributed by atoms with Gasteiger partial charge in [0.05, 0.1) is 22.7 Å². The van der Waals surface area contributed by atoms with Gasteiger partial charge in [0, 0.05) is 12.6 Å². The van der Waals surface area contributed by atoms with Crippen molar-refractivity contribution in [2.75, 3.05) is 24.5 Å². The van der Waals surface area contributed by atoms with Crippen molar-refractivity contribution < 1.29 is 22.7 Å². The van der Waals surface area contributed by atoms with Crippen LogP contribution >= 0.6 is 11.6 Å². The third-order valence-electron chi connectivity index (χ3n) is 7.91. The number of rotatable bonds is 12. The predicted octanol–water partition coefficient (Wildman–Crippen LogP) is 5.76. The van der Waals surface area contributed by atoms with E-state index in [2.05, 4.69) is 5.32 Å². The van der Waals surface area contributed by atoms with Gasteiger partial charge in [-0.05, 0) is 69.0 Å². The number of nitrogens with zero attached hydrogens (tertiary/aromatic N) is 2. The minimum absolute atomic E-state index is 0.0387. The van der Waals surface area contributed by atoms with E-state index in [1.54, 1.807) is 31.2 Å². The number of benzene rings is 3. The number of carbonyl (C=O) groups excluding carboxylic acids is 2. The highest BCUT2D eigenvalue weighted by molar-refractivity contribution is 7.92. The molecule has 0 aromatic heterocycles. The largest absolute Gasteiger partial charge is 0.495 e. The van der Waals surface area contributed by atoms with Crippen LogP contribution in [0.4, 0.5) is 5.69 Å². The summed E-state index contributed by atoms with van der Waals surface area (Å²) in [7, 11) is -2.72. The Kier molecular flexibility index (Phi) is 11.1. The van der Waals surface area contributed by atoms with E-state index in [1.165, 1.54) is 30.2 Å². The first-order chi connectivity index (χ1) is 20.6. The smallest absolute Gasteiger partial charge is 0.264 e. The zero-order valence-corrected chi connectivity index (χ0v) is 26.5. The van der Waals surface area contributed by atoms with Crippen LogP contribution in [0.15, 0.2) is 77.7 Å². The fourth-order valence-corrected chi connectivity index (χ4v) is 6.97. The van der Waals surface area contributed by atoms with Crippen molar-refractivity contribution in [3.8, 4) is 5.75 Å². The quantitative estimate of drug-likeness (QED) is 0.276. The fraction of sp³-hybridized carbons (Fsp3) is 0.394. The number of amides is 2. The highest BCUT2D eigenvalue weighted by atomic mass is 35.5. The van der Waals surface area contributed by atoms with Crippen molar-refractivity contribution in [2.45, 2.75) is 69.4 Å². The van der Waals surface area contributed by atoms with Gasteiger partial charge in [0.1, 0.15) is 18.3 Å². The molecule has 1 saturated carbocycles. The zero-order valence-electron chi connectivity index (χ0n) is 25.0. The molecule has 4 rings (SSSR count). The molecule has 1 aliphatic rings. The van der Waals surface area contributed by atoms with Crippen LogP contribution in [0.2, 0.25) is 5.02 Å². The maximum atomic E-state index is 14.1. The normalized spacial score (nSPS) is 14.5. The van der Waals surface area contributed by atoms with Crippen LogP contribution in [0.5, 0.6) is 5.75 Å². The van der Waals surface area contributed by atoms with Crippen molar-refractivity contribution in [1.29, 1.82) is 0 Å². The molecule has 0 spiro atoms. The molecule has 230 valence electrons. The van der Waals surface area contributed by atoms with Crippen molar-refractivity contribution in [1.82, 2.24) is 10.2 Å².